The van der Waals surface area contributed by atoms with Crippen molar-refractivity contribution in [3.63, 3.8) is 0 Å². The summed E-state index contributed by atoms with van der Waals surface area (Å²) in [6.07, 6.45) is 1.91. The highest BCUT2D eigenvalue weighted by atomic mass is 15.3. The number of aromatic nitrogens is 5. The molecule has 4 rings (SSSR count). The molecule has 0 unspecified atom stereocenters. The second-order valence-electron chi connectivity index (χ2n) is 6.62. The summed E-state index contributed by atoms with van der Waals surface area (Å²) in [6.45, 7) is 6.19. The Morgan fingerprint density at radius 1 is 1.08 bits per heavy atom. The van der Waals surface area contributed by atoms with E-state index in [1.807, 2.05) is 53.6 Å². The van der Waals surface area contributed by atoms with Crippen LogP contribution in [0.2, 0.25) is 0 Å². The van der Waals surface area contributed by atoms with Crippen molar-refractivity contribution in [2.24, 2.45) is 7.05 Å². The Morgan fingerprint density at radius 3 is 2.54 bits per heavy atom. The largest absolute Gasteiger partial charge is 0.363 e. The van der Waals surface area contributed by atoms with Gasteiger partial charge in [0.2, 0.25) is 0 Å². The highest BCUT2D eigenvalue weighted by Gasteiger charge is 2.15. The van der Waals surface area contributed by atoms with Gasteiger partial charge >= 0.3 is 0 Å². The minimum atomic E-state index is 0.0995. The average Bonchev–Trinajstić information content (AvgIpc) is 3.18. The lowest BCUT2D eigenvalue weighted by molar-refractivity contribution is 0.733. The van der Waals surface area contributed by atoms with Gasteiger partial charge < -0.3 is 5.32 Å². The van der Waals surface area contributed by atoms with E-state index in [4.69, 9.17) is 4.98 Å². The Kier molecular flexibility index (Phi) is 3.95. The molecule has 1 aromatic carbocycles. The fraction of sp³-hybridized carbons (Fsp3) is 0.250. The highest BCUT2D eigenvalue weighted by molar-refractivity contribution is 5.66. The van der Waals surface area contributed by atoms with Crippen molar-refractivity contribution < 1.29 is 0 Å². The quantitative estimate of drug-likeness (QED) is 0.608. The predicted molar refractivity (Wildman–Crippen MR) is 103 cm³/mol. The zero-order chi connectivity index (χ0) is 18.3. The van der Waals surface area contributed by atoms with E-state index in [9.17, 15) is 0 Å². The third kappa shape index (κ3) is 2.83. The van der Waals surface area contributed by atoms with E-state index >= 15 is 0 Å². The van der Waals surface area contributed by atoms with Gasteiger partial charge in [0.05, 0.1) is 23.6 Å². The third-order valence-corrected chi connectivity index (χ3v) is 4.72. The number of fused-ring (bicyclic) bond motifs is 1. The SMILES string of the molecule is Cc1cc2nc(-c3ccccc3)cc(N[C@@H](C)c3cnn(C)c3C)n2n1. The average molecular weight is 346 g/mol. The lowest BCUT2D eigenvalue weighted by atomic mass is 10.1. The molecule has 0 radical (unpaired) electrons. The van der Waals surface area contributed by atoms with Gasteiger partial charge in [-0.1, -0.05) is 30.3 Å². The molecule has 132 valence electrons. The minimum Gasteiger partial charge on any atom is -0.363 e. The predicted octanol–water partition coefficient (Wildman–Crippen LogP) is 3.92. The Morgan fingerprint density at radius 2 is 1.85 bits per heavy atom. The van der Waals surface area contributed by atoms with Crippen LogP contribution in [0, 0.1) is 13.8 Å². The van der Waals surface area contributed by atoms with Gasteiger partial charge in [-0.15, -0.1) is 0 Å². The number of rotatable bonds is 4. The molecule has 6 heteroatoms. The van der Waals surface area contributed by atoms with Crippen molar-refractivity contribution in [3.05, 3.63) is 65.6 Å². The van der Waals surface area contributed by atoms with E-state index in [0.717, 1.165) is 34.1 Å². The van der Waals surface area contributed by atoms with Crippen molar-refractivity contribution >= 4 is 11.5 Å². The van der Waals surface area contributed by atoms with Gasteiger partial charge in [0, 0.05) is 36.0 Å². The van der Waals surface area contributed by atoms with Crippen molar-refractivity contribution in [2.45, 2.75) is 26.8 Å². The van der Waals surface area contributed by atoms with Crippen molar-refractivity contribution in [1.29, 1.82) is 0 Å². The summed E-state index contributed by atoms with van der Waals surface area (Å²) in [5.74, 6) is 0.915. The van der Waals surface area contributed by atoms with Gasteiger partial charge in [0.1, 0.15) is 5.82 Å². The van der Waals surface area contributed by atoms with Crippen LogP contribution in [0.3, 0.4) is 0 Å². The van der Waals surface area contributed by atoms with E-state index in [1.165, 1.54) is 5.56 Å². The Balaban J connectivity index is 1.79. The number of aryl methyl sites for hydroxylation is 2. The van der Waals surface area contributed by atoms with E-state index in [2.05, 4.69) is 47.6 Å². The van der Waals surface area contributed by atoms with Crippen LogP contribution in [0.15, 0.2) is 48.7 Å². The molecule has 0 amide bonds. The summed E-state index contributed by atoms with van der Waals surface area (Å²) < 4.78 is 3.76. The van der Waals surface area contributed by atoms with Crippen LogP contribution in [0.4, 0.5) is 5.82 Å². The maximum absolute atomic E-state index is 4.77. The Hall–Kier alpha value is -3.15. The molecule has 1 N–H and O–H groups in total. The Bertz CT molecular complexity index is 1060. The van der Waals surface area contributed by atoms with Crippen LogP contribution >= 0.6 is 0 Å². The van der Waals surface area contributed by atoms with E-state index in [1.54, 1.807) is 0 Å². The van der Waals surface area contributed by atoms with Crippen LogP contribution in [-0.4, -0.2) is 24.4 Å². The second-order valence-corrected chi connectivity index (χ2v) is 6.62. The number of anilines is 1. The maximum atomic E-state index is 4.77. The molecule has 0 saturated heterocycles. The fourth-order valence-corrected chi connectivity index (χ4v) is 3.19. The summed E-state index contributed by atoms with van der Waals surface area (Å²) in [6, 6.07) is 14.4. The second kappa shape index (κ2) is 6.29. The summed E-state index contributed by atoms with van der Waals surface area (Å²) >= 11 is 0. The topological polar surface area (TPSA) is 60.0 Å². The summed E-state index contributed by atoms with van der Waals surface area (Å²) in [4.78, 5) is 4.77. The van der Waals surface area contributed by atoms with Gasteiger partial charge in [-0.05, 0) is 20.8 Å². The highest BCUT2D eigenvalue weighted by Crippen LogP contribution is 2.26. The first-order valence-electron chi connectivity index (χ1n) is 8.71. The molecule has 1 atom stereocenters. The number of nitrogens with one attached hydrogen (secondary N) is 1. The molecule has 4 aromatic rings. The van der Waals surface area contributed by atoms with Crippen LogP contribution < -0.4 is 5.32 Å². The van der Waals surface area contributed by atoms with E-state index < -0.39 is 0 Å². The molecular formula is C20H22N6. The normalized spacial score (nSPS) is 12.5. The molecule has 26 heavy (non-hydrogen) atoms. The maximum Gasteiger partial charge on any atom is 0.158 e. The standard InChI is InChI=1S/C20H22N6/c1-13-10-19-23-18(16-8-6-5-7-9-16)11-20(26(19)24-13)22-14(2)17-12-21-25(4)15(17)3/h5-12,14,22H,1-4H3/t14-/m0/s1. The zero-order valence-corrected chi connectivity index (χ0v) is 15.4. The van der Waals surface area contributed by atoms with Gasteiger partial charge in [-0.2, -0.15) is 14.7 Å². The number of hydrogen-bond donors (Lipinski definition) is 1. The van der Waals surface area contributed by atoms with Crippen LogP contribution in [-0.2, 0) is 7.05 Å². The summed E-state index contributed by atoms with van der Waals surface area (Å²) in [5, 5.41) is 12.5. The summed E-state index contributed by atoms with van der Waals surface area (Å²) in [5.41, 5.74) is 6.10. The smallest absolute Gasteiger partial charge is 0.158 e. The van der Waals surface area contributed by atoms with Crippen LogP contribution in [0.1, 0.15) is 29.9 Å². The van der Waals surface area contributed by atoms with Gasteiger partial charge in [-0.25, -0.2) is 4.98 Å². The molecule has 0 spiro atoms. The summed E-state index contributed by atoms with van der Waals surface area (Å²) in [7, 11) is 1.96. The van der Waals surface area contributed by atoms with Gasteiger partial charge in [0.25, 0.3) is 0 Å². The molecule has 0 aliphatic carbocycles. The monoisotopic (exact) mass is 346 g/mol. The zero-order valence-electron chi connectivity index (χ0n) is 15.4. The first-order valence-corrected chi connectivity index (χ1v) is 8.71. The lowest BCUT2D eigenvalue weighted by Crippen LogP contribution is -2.12. The Labute approximate surface area is 152 Å². The van der Waals surface area contributed by atoms with Crippen molar-refractivity contribution in [2.75, 3.05) is 5.32 Å². The van der Waals surface area contributed by atoms with Gasteiger partial charge in [0.15, 0.2) is 5.65 Å². The molecule has 6 nitrogen and oxygen atoms in total. The molecular weight excluding hydrogens is 324 g/mol. The first kappa shape index (κ1) is 16.3. The third-order valence-electron chi connectivity index (χ3n) is 4.72. The van der Waals surface area contributed by atoms with Crippen molar-refractivity contribution in [1.82, 2.24) is 24.4 Å². The molecule has 0 fully saturated rings. The molecule has 3 aromatic heterocycles. The number of benzene rings is 1. The minimum absolute atomic E-state index is 0.0995. The molecule has 0 saturated carbocycles. The molecule has 0 bridgehead atoms. The lowest BCUT2D eigenvalue weighted by Gasteiger charge is -2.17. The number of hydrogen-bond acceptors (Lipinski definition) is 4. The van der Waals surface area contributed by atoms with E-state index in [-0.39, 0.29) is 6.04 Å². The molecule has 3 heterocycles. The van der Waals surface area contributed by atoms with Crippen LogP contribution in [0.5, 0.6) is 0 Å². The van der Waals surface area contributed by atoms with Gasteiger partial charge in [-0.3, -0.25) is 4.68 Å². The fourth-order valence-electron chi connectivity index (χ4n) is 3.19. The number of nitrogens with zero attached hydrogens (tertiary/aromatic N) is 5. The van der Waals surface area contributed by atoms with Crippen LogP contribution in [0.25, 0.3) is 16.9 Å². The molecule has 0 aliphatic heterocycles. The van der Waals surface area contributed by atoms with E-state index in [0.29, 0.717) is 0 Å². The molecule has 0 aliphatic rings. The van der Waals surface area contributed by atoms with Crippen molar-refractivity contribution in [3.8, 4) is 11.3 Å². The first-order chi connectivity index (χ1) is 12.5.